The summed E-state index contributed by atoms with van der Waals surface area (Å²) in [4.78, 5) is 39.4. The van der Waals surface area contributed by atoms with E-state index in [0.29, 0.717) is 91.6 Å². The molecule has 0 saturated heterocycles. The fourth-order valence-corrected chi connectivity index (χ4v) is 6.57. The van der Waals surface area contributed by atoms with Crippen molar-refractivity contribution in [2.24, 2.45) is 5.92 Å². The van der Waals surface area contributed by atoms with Crippen molar-refractivity contribution in [3.8, 4) is 11.8 Å². The van der Waals surface area contributed by atoms with Gasteiger partial charge in [-0.1, -0.05) is 80.7 Å². The summed E-state index contributed by atoms with van der Waals surface area (Å²) in [5.74, 6) is 7.76. The van der Waals surface area contributed by atoms with Gasteiger partial charge in [-0.05, 0) is 55.4 Å². The predicted octanol–water partition coefficient (Wildman–Crippen LogP) is 6.78. The Morgan fingerprint density at radius 2 is 1.25 bits per heavy atom. The van der Waals surface area contributed by atoms with Gasteiger partial charge in [0, 0.05) is 43.4 Å². The normalized spacial score (nSPS) is 13.8. The topological polar surface area (TPSA) is 103 Å². The first-order chi connectivity index (χ1) is 25.1. The second-order valence-electron chi connectivity index (χ2n) is 13.4. The van der Waals surface area contributed by atoms with E-state index >= 15 is 0 Å². The Bertz CT molecular complexity index is 1390. The van der Waals surface area contributed by atoms with Gasteiger partial charge in [-0.2, -0.15) is 0 Å². The highest BCUT2D eigenvalue weighted by atomic mass is 16.6. The van der Waals surface area contributed by atoms with Gasteiger partial charge in [-0.15, -0.1) is 0 Å². The van der Waals surface area contributed by atoms with Crippen LogP contribution in [0.3, 0.4) is 0 Å². The first-order valence-corrected chi connectivity index (χ1v) is 19.2. The van der Waals surface area contributed by atoms with Gasteiger partial charge in [0.05, 0.1) is 65.1 Å². The van der Waals surface area contributed by atoms with Gasteiger partial charge in [0.2, 0.25) is 11.8 Å². The van der Waals surface area contributed by atoms with Crippen LogP contribution in [-0.2, 0) is 39.9 Å². The van der Waals surface area contributed by atoms with E-state index in [1.807, 2.05) is 53.4 Å². The number of ketones is 1. The van der Waals surface area contributed by atoms with Gasteiger partial charge >= 0.3 is 0 Å². The zero-order chi connectivity index (χ0) is 35.8. The molecule has 51 heavy (non-hydrogen) atoms. The molecule has 0 unspecified atom stereocenters. The number of unbranched alkanes of at least 4 members (excludes halogenated alkanes) is 3. The number of fused-ring (bicyclic) bond motifs is 2. The average Bonchev–Trinajstić information content (AvgIpc) is 3.66. The zero-order valence-corrected chi connectivity index (χ0v) is 30.5. The monoisotopic (exact) mass is 702 g/mol. The third-order valence-corrected chi connectivity index (χ3v) is 9.47. The Balaban J connectivity index is 0.901. The molecule has 1 N–H and O–H groups in total. The molecule has 9 heteroatoms. The summed E-state index contributed by atoms with van der Waals surface area (Å²) in [6.07, 6.45) is 13.0. The molecule has 4 rings (SSSR count). The maximum atomic E-state index is 13.3. The van der Waals surface area contributed by atoms with Crippen LogP contribution in [0.25, 0.3) is 0 Å². The molecule has 1 aliphatic heterocycles. The number of nitrogens with zero attached hydrogens (tertiary/aromatic N) is 1. The van der Waals surface area contributed by atoms with Crippen LogP contribution in [0, 0.1) is 17.8 Å². The Labute approximate surface area is 305 Å². The summed E-state index contributed by atoms with van der Waals surface area (Å²) < 4.78 is 22.1. The number of carbonyl (C=O) groups excluding carboxylic acids is 3. The molecule has 2 amide bonds. The number of rotatable bonds is 26. The van der Waals surface area contributed by atoms with Crippen molar-refractivity contribution in [3.63, 3.8) is 0 Å². The first kappa shape index (κ1) is 40.2. The summed E-state index contributed by atoms with van der Waals surface area (Å²) in [5, 5.41) is 2.92. The second kappa shape index (κ2) is 24.6. The molecule has 0 radical (unpaired) electrons. The third-order valence-electron chi connectivity index (χ3n) is 9.47. The van der Waals surface area contributed by atoms with Crippen LogP contribution in [0.4, 0.5) is 5.69 Å². The molecule has 1 heterocycles. The van der Waals surface area contributed by atoms with Crippen molar-refractivity contribution in [3.05, 3.63) is 65.2 Å². The van der Waals surface area contributed by atoms with E-state index in [2.05, 4.69) is 17.2 Å². The Hall–Kier alpha value is -3.55. The molecule has 0 atom stereocenters. The molecular formula is C42H58N2O7. The van der Waals surface area contributed by atoms with Crippen LogP contribution in [0.2, 0.25) is 0 Å². The van der Waals surface area contributed by atoms with Crippen molar-refractivity contribution in [2.75, 3.05) is 64.3 Å². The zero-order valence-electron chi connectivity index (χ0n) is 30.5. The van der Waals surface area contributed by atoms with E-state index < -0.39 is 0 Å². The van der Waals surface area contributed by atoms with E-state index in [4.69, 9.17) is 18.9 Å². The van der Waals surface area contributed by atoms with Crippen LogP contribution < -0.4 is 10.2 Å². The van der Waals surface area contributed by atoms with Crippen LogP contribution in [0.5, 0.6) is 0 Å². The van der Waals surface area contributed by atoms with Crippen LogP contribution >= 0.6 is 0 Å². The molecule has 1 fully saturated rings. The first-order valence-electron chi connectivity index (χ1n) is 19.2. The number of hydrogen-bond acceptors (Lipinski definition) is 7. The summed E-state index contributed by atoms with van der Waals surface area (Å²) in [7, 11) is 0. The van der Waals surface area contributed by atoms with Crippen LogP contribution in [0.1, 0.15) is 107 Å². The summed E-state index contributed by atoms with van der Waals surface area (Å²) >= 11 is 0. The van der Waals surface area contributed by atoms with Crippen molar-refractivity contribution < 1.29 is 33.3 Å². The van der Waals surface area contributed by atoms with E-state index in [1.54, 1.807) is 0 Å². The van der Waals surface area contributed by atoms with Crippen molar-refractivity contribution in [1.29, 1.82) is 0 Å². The molecule has 278 valence electrons. The van der Waals surface area contributed by atoms with Gasteiger partial charge in [-0.3, -0.25) is 14.4 Å². The fourth-order valence-electron chi connectivity index (χ4n) is 6.57. The molecule has 2 aromatic rings. The molecule has 2 aromatic carbocycles. The van der Waals surface area contributed by atoms with Gasteiger partial charge in [0.15, 0.2) is 0 Å². The number of benzene rings is 2. The van der Waals surface area contributed by atoms with Gasteiger partial charge < -0.3 is 29.2 Å². The molecule has 0 bridgehead atoms. The molecular weight excluding hydrogens is 644 g/mol. The minimum atomic E-state index is 0.101. The summed E-state index contributed by atoms with van der Waals surface area (Å²) in [6.45, 7) is 4.73. The lowest BCUT2D eigenvalue weighted by Gasteiger charge is -2.26. The molecule has 0 aromatic heterocycles. The van der Waals surface area contributed by atoms with E-state index in [-0.39, 0.29) is 17.6 Å². The number of anilines is 1. The number of amides is 2. The molecule has 9 nitrogen and oxygen atoms in total. The summed E-state index contributed by atoms with van der Waals surface area (Å²) in [6, 6.07) is 15.8. The van der Waals surface area contributed by atoms with Gasteiger partial charge in [0.1, 0.15) is 5.78 Å². The minimum Gasteiger partial charge on any atom is -0.379 e. The largest absolute Gasteiger partial charge is 0.379 e. The number of para-hydroxylation sites is 1. The summed E-state index contributed by atoms with van der Waals surface area (Å²) in [5.41, 5.74) is 3.75. The molecule has 2 aliphatic rings. The Kier molecular flexibility index (Phi) is 19.4. The van der Waals surface area contributed by atoms with Gasteiger partial charge in [0.25, 0.3) is 0 Å². The lowest BCUT2D eigenvalue weighted by Crippen LogP contribution is -2.31. The van der Waals surface area contributed by atoms with Crippen LogP contribution in [0.15, 0.2) is 48.5 Å². The van der Waals surface area contributed by atoms with E-state index in [9.17, 15) is 14.4 Å². The number of Topliss-reactive ketones (excluding diaryl/α,β-unsaturated/α-hetero) is 1. The molecule has 1 aliphatic carbocycles. The lowest BCUT2D eigenvalue weighted by molar-refractivity contribution is -0.121. The highest BCUT2D eigenvalue weighted by Crippen LogP contribution is 2.29. The van der Waals surface area contributed by atoms with Crippen molar-refractivity contribution in [1.82, 2.24) is 5.32 Å². The quantitative estimate of drug-likeness (QED) is 0.0852. The Morgan fingerprint density at radius 1 is 0.647 bits per heavy atom. The number of hydrogen-bond donors (Lipinski definition) is 1. The van der Waals surface area contributed by atoms with E-state index in [1.165, 1.54) is 32.1 Å². The highest BCUT2D eigenvalue weighted by molar-refractivity contribution is 5.95. The van der Waals surface area contributed by atoms with Gasteiger partial charge in [-0.25, -0.2) is 0 Å². The second-order valence-corrected chi connectivity index (χ2v) is 13.4. The number of ether oxygens (including phenoxy) is 4. The molecule has 0 spiro atoms. The minimum absolute atomic E-state index is 0.101. The smallest absolute Gasteiger partial charge is 0.227 e. The Morgan fingerprint density at radius 3 is 2.00 bits per heavy atom. The van der Waals surface area contributed by atoms with Crippen molar-refractivity contribution >= 4 is 23.3 Å². The molecule has 1 saturated carbocycles. The number of carbonyl (C=O) groups is 3. The fraction of sp³-hybridized carbons (Fsp3) is 0.595. The average molecular weight is 703 g/mol. The van der Waals surface area contributed by atoms with Crippen LogP contribution in [-0.4, -0.2) is 77.0 Å². The predicted molar refractivity (Wildman–Crippen MR) is 199 cm³/mol. The maximum absolute atomic E-state index is 13.3. The maximum Gasteiger partial charge on any atom is 0.227 e. The SMILES string of the molecule is O=C(CCCCCCC(=O)N1Cc2ccccc2C#Cc2ccccc21)CCOCCOCCOCCOCCNC(=O)CCCC1CCCC1. The van der Waals surface area contributed by atoms with E-state index in [0.717, 1.165) is 60.4 Å². The number of nitrogens with one attached hydrogen (secondary N) is 1. The van der Waals surface area contributed by atoms with Crippen molar-refractivity contribution in [2.45, 2.75) is 96.4 Å². The highest BCUT2D eigenvalue weighted by Gasteiger charge is 2.21. The standard InChI is InChI=1S/C42H58N2O7/c45-39(24-26-48-28-30-50-32-33-51-31-29-49-27-25-43-41(46)20-11-14-35-12-5-6-13-35)18-3-1-2-4-21-42(47)44-34-38-17-8-7-15-36(38)22-23-37-16-9-10-19-40(37)44/h7-10,15-17,19,35H,1-6,11-14,18,20-21,24-34H2,(H,43,46). The lowest BCUT2D eigenvalue weighted by atomic mass is 10.0. The third kappa shape index (κ3) is 16.1.